The molecule has 0 aliphatic carbocycles. The summed E-state index contributed by atoms with van der Waals surface area (Å²) in [6.45, 7) is 7.99. The van der Waals surface area contributed by atoms with E-state index in [9.17, 15) is 0 Å². The average Bonchev–Trinajstić information content (AvgIpc) is 2.90. The van der Waals surface area contributed by atoms with Gasteiger partial charge in [-0.3, -0.25) is 0 Å². The lowest BCUT2D eigenvalue weighted by atomic mass is 10.1. The molecule has 0 bridgehead atoms. The lowest BCUT2D eigenvalue weighted by Gasteiger charge is -2.00. The Morgan fingerprint density at radius 2 is 1.85 bits per heavy atom. The highest BCUT2D eigenvalue weighted by Crippen LogP contribution is 2.35. The van der Waals surface area contributed by atoms with E-state index in [1.807, 2.05) is 25.3 Å². The van der Waals surface area contributed by atoms with Crippen molar-refractivity contribution in [1.29, 1.82) is 0 Å². The Balaban J connectivity index is 2.33. The van der Waals surface area contributed by atoms with Crippen molar-refractivity contribution in [2.24, 2.45) is 0 Å². The lowest BCUT2D eigenvalue weighted by molar-refractivity contribution is 0.861. The number of thiophene rings is 1. The highest BCUT2D eigenvalue weighted by Gasteiger charge is 2.17. The van der Waals surface area contributed by atoms with Crippen molar-refractivity contribution in [3.63, 3.8) is 0 Å². The maximum atomic E-state index is 4.73. The highest BCUT2D eigenvalue weighted by molar-refractivity contribution is 7.26. The Kier molecular flexibility index (Phi) is 2.18. The van der Waals surface area contributed by atoms with E-state index < -0.39 is 0 Å². The molecule has 0 aromatic carbocycles. The number of hydrogen-bond acceptors (Lipinski definition) is 5. The molecule has 0 amide bonds. The summed E-state index contributed by atoms with van der Waals surface area (Å²) in [5.41, 5.74) is 4.12. The van der Waals surface area contributed by atoms with Crippen LogP contribution in [0.4, 0.5) is 0 Å². The summed E-state index contributed by atoms with van der Waals surface area (Å²) in [4.78, 5) is 14.9. The van der Waals surface area contributed by atoms with Crippen LogP contribution in [-0.2, 0) is 0 Å². The molecule has 0 aliphatic heterocycles. The van der Waals surface area contributed by atoms with E-state index in [4.69, 9.17) is 4.98 Å². The molecule has 0 aliphatic rings. The predicted molar refractivity (Wildman–Crippen MR) is 80.4 cm³/mol. The fourth-order valence-corrected chi connectivity index (χ4v) is 3.89. The van der Waals surface area contributed by atoms with Crippen LogP contribution in [-0.4, -0.2) is 24.6 Å². The molecule has 5 nitrogen and oxygen atoms in total. The predicted octanol–water partition coefficient (Wildman–Crippen LogP) is 3.12. The normalized spacial score (nSPS) is 12.0. The van der Waals surface area contributed by atoms with Gasteiger partial charge in [0.2, 0.25) is 0 Å². The van der Waals surface area contributed by atoms with Gasteiger partial charge < -0.3 is 0 Å². The van der Waals surface area contributed by atoms with E-state index in [2.05, 4.69) is 28.1 Å². The zero-order valence-corrected chi connectivity index (χ0v) is 12.5. The van der Waals surface area contributed by atoms with Gasteiger partial charge in [0.15, 0.2) is 5.65 Å². The molecule has 0 radical (unpaired) electrons. The minimum absolute atomic E-state index is 0.765. The third kappa shape index (κ3) is 1.42. The Morgan fingerprint density at radius 1 is 1.05 bits per heavy atom. The van der Waals surface area contributed by atoms with Gasteiger partial charge in [0, 0.05) is 11.1 Å². The van der Waals surface area contributed by atoms with Crippen molar-refractivity contribution in [2.75, 3.05) is 0 Å². The van der Waals surface area contributed by atoms with Gasteiger partial charge in [-0.05, 0) is 39.3 Å². The monoisotopic (exact) mass is 283 g/mol. The summed E-state index contributed by atoms with van der Waals surface area (Å²) < 4.78 is 2.88. The zero-order valence-electron chi connectivity index (χ0n) is 11.7. The number of rotatable bonds is 0. The molecule has 4 rings (SSSR count). The Labute approximate surface area is 119 Å². The fourth-order valence-electron chi connectivity index (χ4n) is 2.68. The van der Waals surface area contributed by atoms with Crippen LogP contribution in [0.3, 0.4) is 0 Å². The fraction of sp³-hybridized carbons (Fsp3) is 0.286. The van der Waals surface area contributed by atoms with Crippen molar-refractivity contribution in [3.8, 4) is 0 Å². The molecule has 0 spiro atoms. The third-order valence-corrected chi connectivity index (χ3v) is 4.53. The van der Waals surface area contributed by atoms with E-state index in [0.717, 1.165) is 43.4 Å². The quantitative estimate of drug-likeness (QED) is 0.497. The molecular formula is C14H13N5S. The molecule has 0 atom stereocenters. The van der Waals surface area contributed by atoms with Crippen LogP contribution in [0.15, 0.2) is 6.07 Å². The number of pyridine rings is 1. The van der Waals surface area contributed by atoms with E-state index in [-0.39, 0.29) is 0 Å². The number of aryl methyl sites for hydroxylation is 4. The van der Waals surface area contributed by atoms with Gasteiger partial charge in [0.25, 0.3) is 0 Å². The molecule has 4 heterocycles. The summed E-state index contributed by atoms with van der Waals surface area (Å²) in [7, 11) is 0. The Hall–Kier alpha value is -2.08. The summed E-state index contributed by atoms with van der Waals surface area (Å²) in [6.07, 6.45) is 0. The molecule has 0 fully saturated rings. The maximum Gasteiger partial charge on any atom is 0.177 e. The standard InChI is InChI=1S/C14H13N5S/c1-6-5-7(2)15-14-10(6)11-12(20-14)13-16-8(3)18-19(13)9(4)17-11/h5H,1-4H3. The van der Waals surface area contributed by atoms with Gasteiger partial charge in [0.05, 0.1) is 5.52 Å². The molecule has 0 saturated carbocycles. The first kappa shape index (κ1) is 11.7. The molecule has 0 unspecified atom stereocenters. The molecule has 4 aromatic rings. The van der Waals surface area contributed by atoms with Crippen LogP contribution in [0.1, 0.15) is 22.9 Å². The van der Waals surface area contributed by atoms with Crippen LogP contribution < -0.4 is 0 Å². The number of fused-ring (bicyclic) bond motifs is 5. The first-order valence-corrected chi connectivity index (χ1v) is 7.26. The topological polar surface area (TPSA) is 56.0 Å². The van der Waals surface area contributed by atoms with E-state index in [1.165, 1.54) is 5.56 Å². The number of hydrogen-bond donors (Lipinski definition) is 0. The van der Waals surface area contributed by atoms with E-state index in [0.29, 0.717) is 0 Å². The van der Waals surface area contributed by atoms with Crippen molar-refractivity contribution in [3.05, 3.63) is 29.0 Å². The molecule has 20 heavy (non-hydrogen) atoms. The van der Waals surface area contributed by atoms with Crippen LogP contribution in [0.25, 0.3) is 26.1 Å². The van der Waals surface area contributed by atoms with Gasteiger partial charge >= 0.3 is 0 Å². The smallest absolute Gasteiger partial charge is 0.177 e. The number of nitrogens with zero attached hydrogens (tertiary/aromatic N) is 5. The zero-order chi connectivity index (χ0) is 14.0. The van der Waals surface area contributed by atoms with E-state index in [1.54, 1.807) is 11.3 Å². The maximum absolute atomic E-state index is 4.73. The molecule has 4 aromatic heterocycles. The van der Waals surface area contributed by atoms with Crippen molar-refractivity contribution < 1.29 is 0 Å². The second kappa shape index (κ2) is 3.73. The molecule has 100 valence electrons. The largest absolute Gasteiger partial charge is 0.242 e. The summed E-state index contributed by atoms with van der Waals surface area (Å²) in [5, 5.41) is 5.54. The second-order valence-corrected chi connectivity index (χ2v) is 6.09. The van der Waals surface area contributed by atoms with Crippen molar-refractivity contribution >= 4 is 37.4 Å². The first-order valence-electron chi connectivity index (χ1n) is 6.45. The van der Waals surface area contributed by atoms with Crippen LogP contribution >= 0.6 is 11.3 Å². The minimum atomic E-state index is 0.765. The number of aromatic nitrogens is 5. The second-order valence-electron chi connectivity index (χ2n) is 5.09. The van der Waals surface area contributed by atoms with Gasteiger partial charge in [-0.15, -0.1) is 16.4 Å². The average molecular weight is 283 g/mol. The third-order valence-electron chi connectivity index (χ3n) is 3.46. The van der Waals surface area contributed by atoms with Crippen molar-refractivity contribution in [2.45, 2.75) is 27.7 Å². The minimum Gasteiger partial charge on any atom is -0.242 e. The summed E-state index contributed by atoms with van der Waals surface area (Å²) in [5.74, 6) is 1.62. The lowest BCUT2D eigenvalue weighted by Crippen LogP contribution is -1.97. The highest BCUT2D eigenvalue weighted by atomic mass is 32.1. The van der Waals surface area contributed by atoms with Crippen LogP contribution in [0.2, 0.25) is 0 Å². The molecule has 0 saturated heterocycles. The van der Waals surface area contributed by atoms with Gasteiger partial charge in [-0.2, -0.15) is 4.52 Å². The molecular weight excluding hydrogens is 270 g/mol. The Bertz CT molecular complexity index is 995. The van der Waals surface area contributed by atoms with Crippen LogP contribution in [0.5, 0.6) is 0 Å². The summed E-state index contributed by atoms with van der Waals surface area (Å²) in [6, 6.07) is 2.10. The van der Waals surface area contributed by atoms with Crippen LogP contribution in [0, 0.1) is 27.7 Å². The van der Waals surface area contributed by atoms with Crippen molar-refractivity contribution in [1.82, 2.24) is 24.6 Å². The SMILES string of the molecule is Cc1cc(C)c2c(n1)sc1c2nc(C)n2nc(C)nc12. The first-order chi connectivity index (χ1) is 9.54. The Morgan fingerprint density at radius 3 is 2.65 bits per heavy atom. The van der Waals surface area contributed by atoms with Gasteiger partial charge in [-0.25, -0.2) is 15.0 Å². The molecule has 0 N–H and O–H groups in total. The molecule has 6 heteroatoms. The summed E-state index contributed by atoms with van der Waals surface area (Å²) >= 11 is 1.64. The van der Waals surface area contributed by atoms with Gasteiger partial charge in [0.1, 0.15) is 21.2 Å². The van der Waals surface area contributed by atoms with Gasteiger partial charge in [-0.1, -0.05) is 0 Å². The van der Waals surface area contributed by atoms with E-state index >= 15 is 0 Å².